The Kier molecular flexibility index (Phi) is 13.8. The highest BCUT2D eigenvalue weighted by Crippen LogP contribution is 2.35. The average molecular weight is 471 g/mol. The first-order chi connectivity index (χ1) is 17.2. The van der Waals surface area contributed by atoms with E-state index in [9.17, 15) is 5.53 Å². The fourth-order valence-corrected chi connectivity index (χ4v) is 4.62. The Morgan fingerprint density at radius 3 is 1.60 bits per heavy atom. The summed E-state index contributed by atoms with van der Waals surface area (Å²) in [5, 5.41) is 0. The predicted octanol–water partition coefficient (Wildman–Crippen LogP) is 9.77. The minimum atomic E-state index is 0.882. The molecule has 0 aromatic heterocycles. The van der Waals surface area contributed by atoms with Crippen molar-refractivity contribution in [3.8, 4) is 0 Å². The SMILES string of the molecule is CCCCCc1ccc(C(=C(CCCC)C(=C=[N+]=[N-])CCCC)c2ccc(CCCC)cc2)cc1. The van der Waals surface area contributed by atoms with E-state index in [1.807, 2.05) is 0 Å². The molecule has 0 radical (unpaired) electrons. The van der Waals surface area contributed by atoms with Crippen LogP contribution in [0.5, 0.6) is 0 Å². The van der Waals surface area contributed by atoms with Gasteiger partial charge in [-0.3, -0.25) is 0 Å². The smallest absolute Gasteiger partial charge is 0.303 e. The summed E-state index contributed by atoms with van der Waals surface area (Å²) in [6.45, 7) is 8.94. The Labute approximate surface area is 214 Å². The summed E-state index contributed by atoms with van der Waals surface area (Å²) in [6.07, 6.45) is 14.7. The number of unbranched alkanes of at least 4 members (excludes halogenated alkanes) is 5. The molecule has 2 heteroatoms. The topological polar surface area (TPSA) is 36.4 Å². The maximum atomic E-state index is 9.46. The van der Waals surface area contributed by atoms with Crippen LogP contribution in [-0.2, 0) is 12.8 Å². The number of hydrogen-bond donors (Lipinski definition) is 0. The molecule has 0 aliphatic carbocycles. The first kappa shape index (κ1) is 28.6. The molecule has 0 aliphatic heterocycles. The van der Waals surface area contributed by atoms with Gasteiger partial charge in [-0.1, -0.05) is 108 Å². The summed E-state index contributed by atoms with van der Waals surface area (Å²) in [4.78, 5) is 3.37. The van der Waals surface area contributed by atoms with Crippen LogP contribution in [0.4, 0.5) is 0 Å². The summed E-state index contributed by atoms with van der Waals surface area (Å²) in [6, 6.07) is 18.3. The van der Waals surface area contributed by atoms with Crippen LogP contribution in [0.25, 0.3) is 11.1 Å². The number of aryl methyl sites for hydroxylation is 2. The van der Waals surface area contributed by atoms with Crippen molar-refractivity contribution in [2.75, 3.05) is 0 Å². The van der Waals surface area contributed by atoms with E-state index in [-0.39, 0.29) is 0 Å². The van der Waals surface area contributed by atoms with Crippen molar-refractivity contribution in [1.82, 2.24) is 0 Å². The van der Waals surface area contributed by atoms with Crippen LogP contribution in [0.3, 0.4) is 0 Å². The Hall–Kier alpha value is -2.66. The van der Waals surface area contributed by atoms with Crippen molar-refractivity contribution in [2.45, 2.75) is 111 Å². The molecule has 0 unspecified atom stereocenters. The predicted molar refractivity (Wildman–Crippen MR) is 152 cm³/mol. The van der Waals surface area contributed by atoms with Gasteiger partial charge in [0.25, 0.3) is 0 Å². The van der Waals surface area contributed by atoms with E-state index < -0.39 is 0 Å². The molecule has 0 heterocycles. The molecule has 2 nitrogen and oxygen atoms in total. The van der Waals surface area contributed by atoms with Gasteiger partial charge < -0.3 is 5.53 Å². The van der Waals surface area contributed by atoms with E-state index in [0.717, 1.165) is 56.9 Å². The average Bonchev–Trinajstić information content (AvgIpc) is 2.89. The van der Waals surface area contributed by atoms with E-state index in [2.05, 4.69) is 86.9 Å². The zero-order valence-electron chi connectivity index (χ0n) is 22.7. The second-order valence-electron chi connectivity index (χ2n) is 9.71. The standard InChI is InChI=1S/C33H46N2/c1-5-9-13-15-28-20-24-30(25-21-28)33(29-22-18-27(19-23-29)14-10-6-2)32(17-12-8-4)31(26-35-34)16-11-7-3/h18-25H,5-17H2,1-4H3. The molecule has 0 amide bonds. The van der Waals surface area contributed by atoms with Crippen molar-refractivity contribution in [2.24, 2.45) is 0 Å². The van der Waals surface area contributed by atoms with Gasteiger partial charge in [0.05, 0.1) is 5.57 Å². The lowest BCUT2D eigenvalue weighted by Gasteiger charge is -2.18. The number of nitrogens with zero attached hydrogens (tertiary/aromatic N) is 2. The number of allylic oxidation sites excluding steroid dienone is 2. The fraction of sp³-hybridized carbons (Fsp3) is 0.515. The lowest BCUT2D eigenvalue weighted by atomic mass is 9.85. The highest BCUT2D eigenvalue weighted by molar-refractivity contribution is 5.87. The van der Waals surface area contributed by atoms with Crippen molar-refractivity contribution >= 4 is 11.4 Å². The Balaban J connectivity index is 2.63. The van der Waals surface area contributed by atoms with E-state index >= 15 is 0 Å². The molecule has 0 bridgehead atoms. The van der Waals surface area contributed by atoms with Gasteiger partial charge in [-0.05, 0) is 84.8 Å². The molecule has 188 valence electrons. The van der Waals surface area contributed by atoms with Crippen LogP contribution in [0.15, 0.2) is 59.7 Å². The van der Waals surface area contributed by atoms with Gasteiger partial charge in [0.1, 0.15) is 0 Å². The quantitative estimate of drug-likeness (QED) is 0.0769. The molecular formula is C33H46N2. The molecule has 0 N–H and O–H groups in total. The maximum Gasteiger partial charge on any atom is 0.303 e. The van der Waals surface area contributed by atoms with Gasteiger partial charge in [-0.15, -0.1) is 4.79 Å². The number of hydrogen-bond acceptors (Lipinski definition) is 0. The van der Waals surface area contributed by atoms with E-state index in [1.54, 1.807) is 0 Å². The van der Waals surface area contributed by atoms with Crippen LogP contribution < -0.4 is 0 Å². The minimum Gasteiger partial charge on any atom is -0.348 e. The molecule has 0 fully saturated rings. The normalized spacial score (nSPS) is 11.5. The number of rotatable bonds is 16. The summed E-state index contributed by atoms with van der Waals surface area (Å²) in [7, 11) is 0. The monoisotopic (exact) mass is 470 g/mol. The summed E-state index contributed by atoms with van der Waals surface area (Å²) in [5.74, 6) is 2.97. The van der Waals surface area contributed by atoms with Crippen molar-refractivity contribution in [1.29, 1.82) is 0 Å². The largest absolute Gasteiger partial charge is 0.348 e. The van der Waals surface area contributed by atoms with E-state index in [4.69, 9.17) is 0 Å². The molecule has 2 rings (SSSR count). The lowest BCUT2D eigenvalue weighted by Crippen LogP contribution is -2.01. The van der Waals surface area contributed by atoms with Gasteiger partial charge in [0, 0.05) is 0 Å². The minimum absolute atomic E-state index is 0.882. The lowest BCUT2D eigenvalue weighted by molar-refractivity contribution is 0.00739. The third-order valence-electron chi connectivity index (χ3n) is 6.78. The van der Waals surface area contributed by atoms with Crippen molar-refractivity contribution in [3.63, 3.8) is 0 Å². The van der Waals surface area contributed by atoms with E-state index in [1.165, 1.54) is 65.5 Å². The molecule has 0 atom stereocenters. The van der Waals surface area contributed by atoms with Crippen LogP contribution in [-0.4, -0.2) is 10.7 Å². The van der Waals surface area contributed by atoms with Crippen LogP contribution >= 0.6 is 0 Å². The van der Waals surface area contributed by atoms with E-state index in [0.29, 0.717) is 0 Å². The second kappa shape index (κ2) is 16.9. The van der Waals surface area contributed by atoms with Crippen molar-refractivity contribution in [3.05, 3.63) is 87.5 Å². The summed E-state index contributed by atoms with van der Waals surface area (Å²) >= 11 is 0. The summed E-state index contributed by atoms with van der Waals surface area (Å²) < 4.78 is 0. The zero-order chi connectivity index (χ0) is 25.3. The Morgan fingerprint density at radius 2 is 1.11 bits per heavy atom. The maximum absolute atomic E-state index is 9.46. The highest BCUT2D eigenvalue weighted by atomic mass is 14.8. The molecular weight excluding hydrogens is 424 g/mol. The molecule has 35 heavy (non-hydrogen) atoms. The zero-order valence-corrected chi connectivity index (χ0v) is 22.7. The fourth-order valence-electron chi connectivity index (χ4n) is 4.62. The molecule has 0 spiro atoms. The van der Waals surface area contributed by atoms with Gasteiger partial charge in [0.2, 0.25) is 0 Å². The Morgan fingerprint density at radius 1 is 0.629 bits per heavy atom. The molecule has 0 aliphatic rings. The Bertz CT molecular complexity index is 982. The molecule has 0 saturated carbocycles. The highest BCUT2D eigenvalue weighted by Gasteiger charge is 2.18. The van der Waals surface area contributed by atoms with Gasteiger partial charge in [-0.25, -0.2) is 0 Å². The van der Waals surface area contributed by atoms with Crippen molar-refractivity contribution < 1.29 is 4.79 Å². The summed E-state index contributed by atoms with van der Waals surface area (Å²) in [5.41, 5.74) is 18.3. The van der Waals surface area contributed by atoms with Crippen LogP contribution in [0.1, 0.15) is 121 Å². The van der Waals surface area contributed by atoms with Gasteiger partial charge in [0.15, 0.2) is 0 Å². The molecule has 0 saturated heterocycles. The van der Waals surface area contributed by atoms with Crippen LogP contribution in [0.2, 0.25) is 0 Å². The first-order valence-corrected chi connectivity index (χ1v) is 14.1. The van der Waals surface area contributed by atoms with Crippen LogP contribution in [0, 0.1) is 0 Å². The second-order valence-corrected chi connectivity index (χ2v) is 9.71. The molecule has 2 aromatic rings. The first-order valence-electron chi connectivity index (χ1n) is 14.1. The third kappa shape index (κ3) is 9.48. The third-order valence-corrected chi connectivity index (χ3v) is 6.78. The van der Waals surface area contributed by atoms with Gasteiger partial charge in [-0.2, -0.15) is 0 Å². The van der Waals surface area contributed by atoms with Gasteiger partial charge >= 0.3 is 5.87 Å². The number of benzene rings is 2. The molecule has 2 aromatic carbocycles.